The first-order valence-corrected chi connectivity index (χ1v) is 2.66. The van der Waals surface area contributed by atoms with Gasteiger partial charge < -0.3 is 15.2 Å². The zero-order chi connectivity index (χ0) is 6.41. The fourth-order valence-corrected chi connectivity index (χ4v) is 0.401. The van der Waals surface area contributed by atoms with Crippen LogP contribution in [0.4, 0.5) is 0 Å². The molecule has 0 fully saturated rings. The number of likely N-dealkylation sites (N-methyl/N-ethyl adjacent to an activating group) is 1. The van der Waals surface area contributed by atoms with Gasteiger partial charge in [0.25, 0.3) is 0 Å². The summed E-state index contributed by atoms with van der Waals surface area (Å²) in [7, 11) is 1.64. The Morgan fingerprint density at radius 2 is 2.38 bits per heavy atom. The van der Waals surface area contributed by atoms with E-state index < -0.39 is 6.29 Å². The molecule has 0 aromatic rings. The summed E-state index contributed by atoms with van der Waals surface area (Å²) in [4.78, 5) is 0. The highest BCUT2D eigenvalue weighted by Gasteiger charge is 1.90. The van der Waals surface area contributed by atoms with Crippen molar-refractivity contribution < 1.29 is 9.84 Å². The lowest BCUT2D eigenvalue weighted by Gasteiger charge is -2.16. The average molecular weight is 118 g/mol. The minimum absolute atomic E-state index is 0.369. The zero-order valence-corrected chi connectivity index (χ0v) is 5.29. The van der Waals surface area contributed by atoms with Crippen LogP contribution in [-0.4, -0.2) is 31.6 Å². The molecule has 3 nitrogen and oxygen atoms in total. The summed E-state index contributed by atoms with van der Waals surface area (Å²) >= 11 is 0. The number of aliphatic hydroxyl groups is 1. The van der Waals surface area contributed by atoms with E-state index in [-0.39, 0.29) is 0 Å². The van der Waals surface area contributed by atoms with Gasteiger partial charge in [0.05, 0.1) is 0 Å². The van der Waals surface area contributed by atoms with Gasteiger partial charge in [-0.2, -0.15) is 7.05 Å². The summed E-state index contributed by atoms with van der Waals surface area (Å²) < 4.78 is 4.74. The highest BCUT2D eigenvalue weighted by molar-refractivity contribution is 4.70. The van der Waals surface area contributed by atoms with Crippen LogP contribution in [-0.2, 0) is 4.74 Å². The molecular weight excluding hydrogens is 106 g/mol. The van der Waals surface area contributed by atoms with E-state index in [0.717, 1.165) is 0 Å². The Balaban J connectivity index is 2.92. The number of nitrogens with zero attached hydrogens (tertiary/aromatic N) is 1. The van der Waals surface area contributed by atoms with E-state index in [1.807, 2.05) is 6.92 Å². The van der Waals surface area contributed by atoms with Crippen molar-refractivity contribution in [3.05, 3.63) is 5.32 Å². The molecule has 0 rings (SSSR count). The number of ether oxygens (including phenoxy) is 1. The van der Waals surface area contributed by atoms with Crippen molar-refractivity contribution in [1.82, 2.24) is 0 Å². The standard InChI is InChI=1S/C5H12NO2/c1-3-8-5(7)4-6-2/h5,7H,3-4H2,1-2H3/q-1. The molecule has 50 valence electrons. The van der Waals surface area contributed by atoms with Crippen molar-refractivity contribution in [3.8, 4) is 0 Å². The van der Waals surface area contributed by atoms with Crippen LogP contribution in [0.2, 0.25) is 0 Å². The van der Waals surface area contributed by atoms with Crippen LogP contribution in [0.15, 0.2) is 0 Å². The van der Waals surface area contributed by atoms with Crippen LogP contribution in [0, 0.1) is 0 Å². The molecule has 0 aliphatic rings. The predicted molar refractivity (Wildman–Crippen MR) is 31.8 cm³/mol. The third-order valence-corrected chi connectivity index (χ3v) is 0.698. The highest BCUT2D eigenvalue weighted by Crippen LogP contribution is 1.88. The molecule has 1 N–H and O–H groups in total. The monoisotopic (exact) mass is 118 g/mol. The number of hydrogen-bond acceptors (Lipinski definition) is 2. The largest absolute Gasteiger partial charge is 0.661 e. The number of hydrogen-bond donors (Lipinski definition) is 1. The van der Waals surface area contributed by atoms with E-state index in [1.165, 1.54) is 0 Å². The molecule has 0 aliphatic carbocycles. The van der Waals surface area contributed by atoms with Crippen molar-refractivity contribution in [2.24, 2.45) is 0 Å². The summed E-state index contributed by atoms with van der Waals surface area (Å²) in [5.41, 5.74) is 0. The van der Waals surface area contributed by atoms with Crippen molar-refractivity contribution in [2.45, 2.75) is 13.2 Å². The lowest BCUT2D eigenvalue weighted by molar-refractivity contribution is -0.0826. The molecule has 0 saturated heterocycles. The first kappa shape index (κ1) is 7.88. The molecule has 0 bridgehead atoms. The van der Waals surface area contributed by atoms with Gasteiger partial charge in [0, 0.05) is 6.61 Å². The molecule has 0 heterocycles. The van der Waals surface area contributed by atoms with Gasteiger partial charge in [-0.05, 0) is 6.92 Å². The predicted octanol–water partition coefficient (Wildman–Crippen LogP) is 0.345. The van der Waals surface area contributed by atoms with Crippen LogP contribution >= 0.6 is 0 Å². The van der Waals surface area contributed by atoms with Crippen molar-refractivity contribution in [3.63, 3.8) is 0 Å². The summed E-state index contributed by atoms with van der Waals surface area (Å²) in [6.07, 6.45) is -0.704. The lowest BCUT2D eigenvalue weighted by atomic mass is 10.6. The maximum Gasteiger partial charge on any atom is 0.135 e. The van der Waals surface area contributed by atoms with Gasteiger partial charge in [0.1, 0.15) is 6.29 Å². The van der Waals surface area contributed by atoms with Crippen LogP contribution in [0.5, 0.6) is 0 Å². The third-order valence-electron chi connectivity index (χ3n) is 0.698. The van der Waals surface area contributed by atoms with Crippen LogP contribution < -0.4 is 0 Å². The van der Waals surface area contributed by atoms with Crippen LogP contribution in [0.25, 0.3) is 5.32 Å². The SMILES string of the molecule is CCOC(O)C[N-]C. The van der Waals surface area contributed by atoms with Gasteiger partial charge in [0.2, 0.25) is 0 Å². The van der Waals surface area contributed by atoms with E-state index >= 15 is 0 Å². The van der Waals surface area contributed by atoms with Crippen LogP contribution in [0.1, 0.15) is 6.92 Å². The molecule has 1 atom stereocenters. The maximum atomic E-state index is 8.73. The Bertz CT molecular complexity index is 43.7. The number of aliphatic hydroxyl groups excluding tert-OH is 1. The van der Waals surface area contributed by atoms with Gasteiger partial charge in [-0.25, -0.2) is 0 Å². The molecule has 1 unspecified atom stereocenters. The smallest absolute Gasteiger partial charge is 0.135 e. The first-order valence-electron chi connectivity index (χ1n) is 2.66. The molecular formula is C5H12NO2-. The van der Waals surface area contributed by atoms with Crippen molar-refractivity contribution >= 4 is 0 Å². The van der Waals surface area contributed by atoms with Gasteiger partial charge in [-0.3, -0.25) is 0 Å². The minimum Gasteiger partial charge on any atom is -0.661 e. The normalized spacial score (nSPS) is 13.9. The summed E-state index contributed by atoms with van der Waals surface area (Å²) in [6, 6.07) is 0. The molecule has 0 aliphatic heterocycles. The van der Waals surface area contributed by atoms with E-state index in [1.54, 1.807) is 7.05 Å². The van der Waals surface area contributed by atoms with Crippen molar-refractivity contribution in [1.29, 1.82) is 0 Å². The average Bonchev–Trinajstić information content (AvgIpc) is 1.68. The second-order valence-corrected chi connectivity index (χ2v) is 1.41. The second kappa shape index (κ2) is 5.03. The van der Waals surface area contributed by atoms with Gasteiger partial charge in [-0.1, -0.05) is 6.54 Å². The van der Waals surface area contributed by atoms with E-state index in [9.17, 15) is 0 Å². The fraction of sp³-hybridized carbons (Fsp3) is 1.00. The Labute approximate surface area is 49.7 Å². The number of rotatable bonds is 4. The Kier molecular flexibility index (Phi) is 4.95. The molecule has 8 heavy (non-hydrogen) atoms. The van der Waals surface area contributed by atoms with E-state index in [2.05, 4.69) is 5.32 Å². The zero-order valence-electron chi connectivity index (χ0n) is 5.29. The lowest BCUT2D eigenvalue weighted by Crippen LogP contribution is -2.15. The second-order valence-electron chi connectivity index (χ2n) is 1.41. The topological polar surface area (TPSA) is 43.6 Å². The van der Waals surface area contributed by atoms with Gasteiger partial charge in [0.15, 0.2) is 0 Å². The molecule has 0 saturated carbocycles. The highest BCUT2D eigenvalue weighted by atomic mass is 16.6. The van der Waals surface area contributed by atoms with Gasteiger partial charge >= 0.3 is 0 Å². The first-order chi connectivity index (χ1) is 3.81. The molecule has 0 amide bonds. The quantitative estimate of drug-likeness (QED) is 0.541. The van der Waals surface area contributed by atoms with Gasteiger partial charge in [-0.15, -0.1) is 0 Å². The summed E-state index contributed by atoms with van der Waals surface area (Å²) in [6.45, 7) is 2.74. The minimum atomic E-state index is -0.704. The summed E-state index contributed by atoms with van der Waals surface area (Å²) in [5, 5.41) is 12.4. The Morgan fingerprint density at radius 1 is 1.75 bits per heavy atom. The Morgan fingerprint density at radius 3 is 2.75 bits per heavy atom. The Hall–Kier alpha value is -0.120. The molecule has 0 aromatic carbocycles. The maximum absolute atomic E-state index is 8.73. The van der Waals surface area contributed by atoms with E-state index in [0.29, 0.717) is 13.2 Å². The molecule has 3 heteroatoms. The molecule has 0 radical (unpaired) electrons. The van der Waals surface area contributed by atoms with Crippen molar-refractivity contribution in [2.75, 3.05) is 20.2 Å². The fourth-order valence-electron chi connectivity index (χ4n) is 0.401. The van der Waals surface area contributed by atoms with Crippen LogP contribution in [0.3, 0.4) is 0 Å². The molecule has 0 aromatic heterocycles. The van der Waals surface area contributed by atoms with E-state index in [4.69, 9.17) is 9.84 Å². The third kappa shape index (κ3) is 4.05. The summed E-state index contributed by atoms with van der Waals surface area (Å²) in [5.74, 6) is 0. The molecule has 0 spiro atoms.